The average molecular weight is 795 g/mol. The molecule has 1 amide bonds. The number of esters is 3. The van der Waals surface area contributed by atoms with Gasteiger partial charge in [-0.2, -0.15) is 0 Å². The third-order valence-corrected chi connectivity index (χ3v) is 8.65. The zero-order valence-corrected chi connectivity index (χ0v) is 30.4. The smallest absolute Gasteiger partial charge is 0.338 e. The zero-order chi connectivity index (χ0) is 38.2. The van der Waals surface area contributed by atoms with Crippen molar-refractivity contribution in [3.05, 3.63) is 143 Å². The number of hydrogen-bond acceptors (Lipinski definition) is 12. The maximum Gasteiger partial charge on any atom is 0.338 e. The molecule has 5 atom stereocenters. The van der Waals surface area contributed by atoms with Crippen molar-refractivity contribution in [3.8, 4) is 5.75 Å². The average Bonchev–Trinajstić information content (AvgIpc) is 3.65. The van der Waals surface area contributed by atoms with Gasteiger partial charge in [-0.3, -0.25) is 4.79 Å². The van der Waals surface area contributed by atoms with Gasteiger partial charge in [-0.15, -0.1) is 5.10 Å². The van der Waals surface area contributed by atoms with Crippen LogP contribution in [0.3, 0.4) is 0 Å². The van der Waals surface area contributed by atoms with Crippen molar-refractivity contribution in [3.63, 3.8) is 0 Å². The highest BCUT2D eigenvalue weighted by molar-refractivity contribution is 6.76. The Labute approximate surface area is 323 Å². The molecule has 0 bridgehead atoms. The molecule has 6 rings (SSSR count). The molecule has 2 heterocycles. The number of tetrazole rings is 1. The van der Waals surface area contributed by atoms with Crippen LogP contribution in [0.2, 0.25) is 0 Å². The van der Waals surface area contributed by atoms with Gasteiger partial charge in [0, 0.05) is 0 Å². The third-order valence-electron chi connectivity index (χ3n) is 8.13. The molecule has 4 aromatic carbocycles. The maximum atomic E-state index is 13.8. The number of halogens is 3. The highest BCUT2D eigenvalue weighted by Crippen LogP contribution is 2.38. The van der Waals surface area contributed by atoms with Gasteiger partial charge in [0.05, 0.1) is 30.3 Å². The number of nitrogens with one attached hydrogen (secondary N) is 1. The molecule has 0 saturated carbocycles. The number of aromatic nitrogens is 4. The molecule has 0 aliphatic carbocycles. The predicted molar refractivity (Wildman–Crippen MR) is 193 cm³/mol. The van der Waals surface area contributed by atoms with E-state index < -0.39 is 58.3 Å². The fourth-order valence-corrected chi connectivity index (χ4v) is 5.66. The van der Waals surface area contributed by atoms with E-state index in [4.69, 9.17) is 58.5 Å². The van der Waals surface area contributed by atoms with E-state index in [-0.39, 0.29) is 29.1 Å². The number of carbonyl (C=O) groups excluding carboxylic acids is 4. The first kappa shape index (κ1) is 38.2. The van der Waals surface area contributed by atoms with Crippen LogP contribution in [0.1, 0.15) is 48.6 Å². The summed E-state index contributed by atoms with van der Waals surface area (Å²) in [5, 5.41) is 14.6. The van der Waals surface area contributed by atoms with Gasteiger partial charge in [0.2, 0.25) is 0 Å². The summed E-state index contributed by atoms with van der Waals surface area (Å²) >= 11 is 17.8. The number of methoxy groups -OCH3 is 1. The number of rotatable bonds is 11. The molecule has 278 valence electrons. The number of hydrogen-bond donors (Lipinski definition) is 1. The molecule has 1 fully saturated rings. The normalized spacial score (nSPS) is 19.6. The van der Waals surface area contributed by atoms with E-state index in [2.05, 4.69) is 20.8 Å². The minimum Gasteiger partial charge on any atom is -0.497 e. The number of amides is 1. The summed E-state index contributed by atoms with van der Waals surface area (Å²) in [6, 6.07) is 30.8. The largest absolute Gasteiger partial charge is 0.497 e. The Morgan fingerprint density at radius 2 is 1.19 bits per heavy atom. The Balaban J connectivity index is 1.48. The minimum atomic E-state index is -2.52. The molecule has 1 aromatic heterocycles. The topological polar surface area (TPSA) is 170 Å². The Morgan fingerprint density at radius 3 is 1.67 bits per heavy atom. The lowest BCUT2D eigenvalue weighted by Crippen LogP contribution is -2.64. The number of nitrogens with zero attached hydrogens (tertiary/aromatic N) is 4. The third kappa shape index (κ3) is 9.15. The fraction of sp³-hybridized carbons (Fsp3) is 0.216. The van der Waals surface area contributed by atoms with E-state index in [0.29, 0.717) is 5.75 Å². The van der Waals surface area contributed by atoms with E-state index in [1.165, 1.54) is 48.2 Å². The molecule has 1 N–H and O–H groups in total. The fourth-order valence-electron chi connectivity index (χ4n) is 5.50. The number of carbonyl (C=O) groups is 4. The monoisotopic (exact) mass is 793 g/mol. The molecule has 1 aliphatic heterocycles. The molecule has 17 heteroatoms. The molecule has 1 unspecified atom stereocenters. The SMILES string of the molecule is COc1ccc(Cn2nnnc2C2O[C@H](NC(=O)C(Cl)(Cl)Cl)[C@H](OC(=O)c3ccccc3)[C@@H](OC(=O)c3ccccc3)[C@@H]2OC(=O)c2ccccc2)cc1. The van der Waals surface area contributed by atoms with Crippen molar-refractivity contribution in [1.29, 1.82) is 0 Å². The molecule has 0 spiro atoms. The van der Waals surface area contributed by atoms with E-state index in [0.717, 1.165) is 5.56 Å². The van der Waals surface area contributed by atoms with Crippen molar-refractivity contribution in [2.45, 2.75) is 41.0 Å². The summed E-state index contributed by atoms with van der Waals surface area (Å²) in [4.78, 5) is 54.4. The lowest BCUT2D eigenvalue weighted by Gasteiger charge is -2.44. The summed E-state index contributed by atoms with van der Waals surface area (Å²) in [5.74, 6) is -3.26. The Hall–Kier alpha value is -5.54. The second-order valence-corrected chi connectivity index (χ2v) is 14.0. The van der Waals surface area contributed by atoms with Gasteiger partial charge < -0.3 is 29.0 Å². The van der Waals surface area contributed by atoms with Gasteiger partial charge in [0.1, 0.15) is 5.75 Å². The van der Waals surface area contributed by atoms with Crippen LogP contribution in [0.5, 0.6) is 5.75 Å². The predicted octanol–water partition coefficient (Wildman–Crippen LogP) is 5.29. The molecule has 0 radical (unpaired) electrons. The standard InChI is InChI=1S/C37H30Cl3N5O9/c1-50-26-19-17-22(18-20-26)21-45-31(42-43-44-45)29-27(52-33(46)23-11-5-2-6-12-23)28(53-34(47)24-13-7-3-8-14-24)30(32(51-29)41-36(49)37(38,39)40)54-35(48)25-15-9-4-10-16-25/h2-20,27-30,32H,21H2,1H3,(H,41,49)/t27-,28-,29?,30+,32-/m0/s1. The molecule has 5 aromatic rings. The molecular weight excluding hydrogens is 765 g/mol. The van der Waals surface area contributed by atoms with Gasteiger partial charge >= 0.3 is 17.9 Å². The molecule has 54 heavy (non-hydrogen) atoms. The minimum absolute atomic E-state index is 0.0293. The van der Waals surface area contributed by atoms with E-state index in [9.17, 15) is 19.2 Å². The first-order chi connectivity index (χ1) is 26.0. The first-order valence-electron chi connectivity index (χ1n) is 16.2. The van der Waals surface area contributed by atoms with Gasteiger partial charge in [0.15, 0.2) is 36.5 Å². The molecule has 1 aliphatic rings. The summed E-state index contributed by atoms with van der Waals surface area (Å²) in [6.07, 6.45) is -8.27. The van der Waals surface area contributed by atoms with Crippen molar-refractivity contribution < 1.29 is 42.9 Å². The van der Waals surface area contributed by atoms with Crippen LogP contribution >= 0.6 is 34.8 Å². The highest BCUT2D eigenvalue weighted by atomic mass is 35.6. The lowest BCUT2D eigenvalue weighted by atomic mass is 9.95. The summed E-state index contributed by atoms with van der Waals surface area (Å²) < 4.78 is 28.6. The van der Waals surface area contributed by atoms with Crippen LogP contribution < -0.4 is 10.1 Å². The van der Waals surface area contributed by atoms with Gasteiger partial charge in [0.25, 0.3) is 9.70 Å². The Kier molecular flexibility index (Phi) is 12.1. The van der Waals surface area contributed by atoms with Crippen LogP contribution in [-0.2, 0) is 30.3 Å². The van der Waals surface area contributed by atoms with Crippen molar-refractivity contribution >= 4 is 58.6 Å². The maximum absolute atomic E-state index is 13.8. The number of benzene rings is 4. The van der Waals surface area contributed by atoms with Crippen LogP contribution in [0, 0.1) is 0 Å². The van der Waals surface area contributed by atoms with Gasteiger partial charge in [-0.25, -0.2) is 19.1 Å². The quantitative estimate of drug-likeness (QED) is 0.104. The van der Waals surface area contributed by atoms with Crippen molar-refractivity contribution in [2.75, 3.05) is 7.11 Å². The summed E-state index contributed by atoms with van der Waals surface area (Å²) in [5.41, 5.74) is 1.07. The highest BCUT2D eigenvalue weighted by Gasteiger charge is 2.55. The van der Waals surface area contributed by atoms with E-state index in [1.807, 2.05) is 0 Å². The van der Waals surface area contributed by atoms with Crippen LogP contribution in [0.15, 0.2) is 115 Å². The Morgan fingerprint density at radius 1 is 0.704 bits per heavy atom. The number of alkyl halides is 3. The van der Waals surface area contributed by atoms with E-state index >= 15 is 0 Å². The summed E-state index contributed by atoms with van der Waals surface area (Å²) in [7, 11) is 1.54. The second-order valence-electron chi connectivity index (χ2n) is 11.7. The van der Waals surface area contributed by atoms with Crippen LogP contribution in [-0.4, -0.2) is 79.5 Å². The number of ether oxygens (including phenoxy) is 5. The van der Waals surface area contributed by atoms with Gasteiger partial charge in [-0.05, 0) is 64.5 Å². The molecular formula is C37H30Cl3N5O9. The van der Waals surface area contributed by atoms with Crippen molar-refractivity contribution in [1.82, 2.24) is 25.5 Å². The van der Waals surface area contributed by atoms with Crippen LogP contribution in [0.4, 0.5) is 0 Å². The molecule has 1 saturated heterocycles. The summed E-state index contributed by atoms with van der Waals surface area (Å²) in [6.45, 7) is 0.0810. The molecule has 14 nitrogen and oxygen atoms in total. The van der Waals surface area contributed by atoms with Crippen molar-refractivity contribution in [2.24, 2.45) is 0 Å². The Bertz CT molecular complexity index is 2070. The second kappa shape index (κ2) is 17.1. The zero-order valence-electron chi connectivity index (χ0n) is 28.2. The van der Waals surface area contributed by atoms with Crippen LogP contribution in [0.25, 0.3) is 0 Å². The lowest BCUT2D eigenvalue weighted by molar-refractivity contribution is -0.234. The first-order valence-corrected chi connectivity index (χ1v) is 17.4. The van der Waals surface area contributed by atoms with Gasteiger partial charge in [-0.1, -0.05) is 102 Å². The van der Waals surface area contributed by atoms with E-state index in [1.54, 1.807) is 78.9 Å².